The molecule has 0 spiro atoms. The maximum Gasteiger partial charge on any atom is 0.132 e. The highest BCUT2D eigenvalue weighted by Crippen LogP contribution is 2.16. The second kappa shape index (κ2) is 6.67. The van der Waals surface area contributed by atoms with Crippen LogP contribution in [0.3, 0.4) is 0 Å². The van der Waals surface area contributed by atoms with Gasteiger partial charge in [0.1, 0.15) is 17.2 Å². The molecule has 0 aromatic carbocycles. The van der Waals surface area contributed by atoms with Gasteiger partial charge in [-0.3, -0.25) is 0 Å². The summed E-state index contributed by atoms with van der Waals surface area (Å²) in [4.78, 5) is 10.3. The van der Waals surface area contributed by atoms with Gasteiger partial charge in [0.05, 0.1) is 6.61 Å². The van der Waals surface area contributed by atoms with E-state index in [9.17, 15) is 0 Å². The van der Waals surface area contributed by atoms with Crippen LogP contribution in [0.5, 0.6) is 0 Å². The summed E-state index contributed by atoms with van der Waals surface area (Å²) in [5.74, 6) is 0.880. The molecule has 1 rings (SSSR count). The van der Waals surface area contributed by atoms with Gasteiger partial charge in [0.15, 0.2) is 0 Å². The Balaban J connectivity index is 2.61. The third kappa shape index (κ3) is 3.96. The molecule has 0 saturated carbocycles. The molecule has 0 fully saturated rings. The minimum atomic E-state index is -0.0114. The number of aromatic nitrogens is 2. The van der Waals surface area contributed by atoms with E-state index in [0.717, 1.165) is 10.8 Å². The Bertz CT molecular complexity index is 323. The SMILES string of the molecule is COCC(N)CN(C)c1cc(SC)ncn1. The van der Waals surface area contributed by atoms with Gasteiger partial charge in [-0.05, 0) is 6.26 Å². The third-order valence-electron chi connectivity index (χ3n) is 2.12. The zero-order valence-corrected chi connectivity index (χ0v) is 10.7. The van der Waals surface area contributed by atoms with Crippen LogP contribution in [-0.2, 0) is 4.74 Å². The Morgan fingerprint density at radius 3 is 2.94 bits per heavy atom. The Morgan fingerprint density at radius 1 is 1.56 bits per heavy atom. The fourth-order valence-corrected chi connectivity index (χ4v) is 1.74. The minimum Gasteiger partial charge on any atom is -0.383 e. The second-order valence-electron chi connectivity index (χ2n) is 3.51. The standard InChI is InChI=1S/C10H18N4OS/c1-14(5-8(11)6-15-2)9-4-10(16-3)13-7-12-9/h4,7-8H,5-6,11H2,1-3H3. The first-order valence-corrected chi connectivity index (χ1v) is 6.21. The molecule has 1 unspecified atom stereocenters. The predicted octanol–water partition coefficient (Wildman–Crippen LogP) is 0.608. The first kappa shape index (κ1) is 13.2. The molecule has 16 heavy (non-hydrogen) atoms. The van der Waals surface area contributed by atoms with Crippen LogP contribution in [0.4, 0.5) is 5.82 Å². The summed E-state index contributed by atoms with van der Waals surface area (Å²) in [6.45, 7) is 1.25. The molecular formula is C10H18N4OS. The zero-order chi connectivity index (χ0) is 12.0. The van der Waals surface area contributed by atoms with Crippen molar-refractivity contribution in [1.29, 1.82) is 0 Å². The highest BCUT2D eigenvalue weighted by molar-refractivity contribution is 7.98. The van der Waals surface area contributed by atoms with Gasteiger partial charge in [-0.2, -0.15) is 0 Å². The number of hydrogen-bond acceptors (Lipinski definition) is 6. The highest BCUT2D eigenvalue weighted by atomic mass is 32.2. The fraction of sp³-hybridized carbons (Fsp3) is 0.600. The van der Waals surface area contributed by atoms with Gasteiger partial charge in [0, 0.05) is 32.8 Å². The van der Waals surface area contributed by atoms with Crippen LogP contribution in [0, 0.1) is 0 Å². The van der Waals surface area contributed by atoms with Crippen molar-refractivity contribution < 1.29 is 4.74 Å². The number of methoxy groups -OCH3 is 1. The molecule has 0 aliphatic carbocycles. The molecule has 6 heteroatoms. The number of nitrogens with zero attached hydrogens (tertiary/aromatic N) is 3. The fourth-order valence-electron chi connectivity index (χ4n) is 1.36. The predicted molar refractivity (Wildman–Crippen MR) is 66.9 cm³/mol. The smallest absolute Gasteiger partial charge is 0.132 e. The number of likely N-dealkylation sites (N-methyl/N-ethyl adjacent to an activating group) is 1. The van der Waals surface area contributed by atoms with Gasteiger partial charge in [-0.25, -0.2) is 9.97 Å². The molecule has 0 bridgehead atoms. The van der Waals surface area contributed by atoms with E-state index in [2.05, 4.69) is 9.97 Å². The van der Waals surface area contributed by atoms with E-state index in [4.69, 9.17) is 10.5 Å². The molecular weight excluding hydrogens is 224 g/mol. The Hall–Kier alpha value is -0.850. The number of nitrogens with two attached hydrogens (primary N) is 1. The van der Waals surface area contributed by atoms with Gasteiger partial charge in [-0.1, -0.05) is 0 Å². The summed E-state index contributed by atoms with van der Waals surface area (Å²) >= 11 is 1.60. The molecule has 1 atom stereocenters. The highest BCUT2D eigenvalue weighted by Gasteiger charge is 2.09. The molecule has 0 aliphatic heterocycles. The average molecular weight is 242 g/mol. The van der Waals surface area contributed by atoms with Gasteiger partial charge in [0.25, 0.3) is 0 Å². The molecule has 0 amide bonds. The van der Waals surface area contributed by atoms with Gasteiger partial charge in [0.2, 0.25) is 0 Å². The van der Waals surface area contributed by atoms with Crippen LogP contribution >= 0.6 is 11.8 Å². The van der Waals surface area contributed by atoms with Crippen LogP contribution < -0.4 is 10.6 Å². The summed E-state index contributed by atoms with van der Waals surface area (Å²) in [6.07, 6.45) is 3.56. The Kier molecular flexibility index (Phi) is 5.51. The summed E-state index contributed by atoms with van der Waals surface area (Å²) in [5.41, 5.74) is 5.88. The van der Waals surface area contributed by atoms with Gasteiger partial charge in [-0.15, -0.1) is 11.8 Å². The van der Waals surface area contributed by atoms with Crippen LogP contribution in [0.2, 0.25) is 0 Å². The van der Waals surface area contributed by atoms with E-state index >= 15 is 0 Å². The molecule has 1 aromatic rings. The average Bonchev–Trinajstić information content (AvgIpc) is 2.29. The second-order valence-corrected chi connectivity index (χ2v) is 4.34. The largest absolute Gasteiger partial charge is 0.383 e. The molecule has 2 N–H and O–H groups in total. The number of thioether (sulfide) groups is 1. The summed E-state index contributed by atoms with van der Waals surface area (Å²) in [5, 5.41) is 0.956. The van der Waals surface area contributed by atoms with E-state index in [1.807, 2.05) is 24.3 Å². The lowest BCUT2D eigenvalue weighted by atomic mass is 10.3. The van der Waals surface area contributed by atoms with Crippen molar-refractivity contribution in [2.75, 3.05) is 38.5 Å². The monoisotopic (exact) mass is 242 g/mol. The summed E-state index contributed by atoms with van der Waals surface area (Å²) < 4.78 is 5.00. The number of rotatable bonds is 6. The van der Waals surface area contributed by atoms with Crippen molar-refractivity contribution in [2.45, 2.75) is 11.1 Å². The normalized spacial score (nSPS) is 12.5. The van der Waals surface area contributed by atoms with Crippen molar-refractivity contribution in [3.63, 3.8) is 0 Å². The van der Waals surface area contributed by atoms with E-state index in [-0.39, 0.29) is 6.04 Å². The lowest BCUT2D eigenvalue weighted by Crippen LogP contribution is -2.38. The van der Waals surface area contributed by atoms with Crippen molar-refractivity contribution >= 4 is 17.6 Å². The zero-order valence-electron chi connectivity index (χ0n) is 9.88. The number of ether oxygens (including phenoxy) is 1. The van der Waals surface area contributed by atoms with Crippen molar-refractivity contribution in [3.8, 4) is 0 Å². The van der Waals surface area contributed by atoms with Gasteiger partial charge < -0.3 is 15.4 Å². The third-order valence-corrected chi connectivity index (χ3v) is 2.76. The first-order chi connectivity index (χ1) is 7.67. The van der Waals surface area contributed by atoms with E-state index in [1.165, 1.54) is 0 Å². The molecule has 1 heterocycles. The summed E-state index contributed by atoms with van der Waals surface area (Å²) in [7, 11) is 3.61. The first-order valence-electron chi connectivity index (χ1n) is 4.99. The lowest BCUT2D eigenvalue weighted by Gasteiger charge is -2.21. The molecule has 0 radical (unpaired) electrons. The van der Waals surface area contributed by atoms with E-state index in [0.29, 0.717) is 13.2 Å². The van der Waals surface area contributed by atoms with Crippen LogP contribution in [0.15, 0.2) is 17.4 Å². The Labute approximate surface area is 100 Å². The van der Waals surface area contributed by atoms with E-state index < -0.39 is 0 Å². The number of anilines is 1. The van der Waals surface area contributed by atoms with Crippen LogP contribution in [-0.4, -0.2) is 49.6 Å². The lowest BCUT2D eigenvalue weighted by molar-refractivity contribution is 0.181. The minimum absolute atomic E-state index is 0.0114. The summed E-state index contributed by atoms with van der Waals surface area (Å²) in [6, 6.07) is 1.94. The molecule has 5 nitrogen and oxygen atoms in total. The maximum absolute atomic E-state index is 5.88. The molecule has 0 aliphatic rings. The molecule has 90 valence electrons. The number of hydrogen-bond donors (Lipinski definition) is 1. The molecule has 1 aromatic heterocycles. The Morgan fingerprint density at radius 2 is 2.31 bits per heavy atom. The van der Waals surface area contributed by atoms with Crippen LogP contribution in [0.25, 0.3) is 0 Å². The van der Waals surface area contributed by atoms with E-state index in [1.54, 1.807) is 25.2 Å². The molecule has 0 saturated heterocycles. The van der Waals surface area contributed by atoms with Gasteiger partial charge >= 0.3 is 0 Å². The quantitative estimate of drug-likeness (QED) is 0.582. The topological polar surface area (TPSA) is 64.3 Å². The maximum atomic E-state index is 5.88. The van der Waals surface area contributed by atoms with Crippen molar-refractivity contribution in [2.24, 2.45) is 5.73 Å². The van der Waals surface area contributed by atoms with Crippen molar-refractivity contribution in [1.82, 2.24) is 9.97 Å². The van der Waals surface area contributed by atoms with Crippen LogP contribution in [0.1, 0.15) is 0 Å². The van der Waals surface area contributed by atoms with Crippen molar-refractivity contribution in [3.05, 3.63) is 12.4 Å².